The number of benzene rings is 2. The van der Waals surface area contributed by atoms with Crippen molar-refractivity contribution < 1.29 is 4.57 Å². The summed E-state index contributed by atoms with van der Waals surface area (Å²) in [5.41, 5.74) is 10.3. The second-order valence-electron chi connectivity index (χ2n) is 8.71. The van der Waals surface area contributed by atoms with Crippen molar-refractivity contribution in [2.75, 3.05) is 6.16 Å². The van der Waals surface area contributed by atoms with Crippen LogP contribution in [0.3, 0.4) is 0 Å². The lowest BCUT2D eigenvalue weighted by Gasteiger charge is -2.25. The zero-order valence-electron chi connectivity index (χ0n) is 17.9. The smallest absolute Gasteiger partial charge is 0.0963 e. The second kappa shape index (κ2) is 8.13. The first-order valence-electron chi connectivity index (χ1n) is 9.71. The molecule has 0 bridgehead atoms. The summed E-state index contributed by atoms with van der Waals surface area (Å²) in [5.74, 6) is 0.443. The van der Waals surface area contributed by atoms with Gasteiger partial charge in [-0.2, -0.15) is 0 Å². The molecule has 2 heteroatoms. The largest absolute Gasteiger partial charge is 0.323 e. The van der Waals surface area contributed by atoms with Crippen molar-refractivity contribution in [3.8, 4) is 0 Å². The van der Waals surface area contributed by atoms with E-state index >= 15 is 0 Å². The average Bonchev–Trinajstić information content (AvgIpc) is 2.46. The van der Waals surface area contributed by atoms with Crippen molar-refractivity contribution >= 4 is 7.14 Å². The van der Waals surface area contributed by atoms with Crippen molar-refractivity contribution in [2.24, 2.45) is 5.92 Å². The highest BCUT2D eigenvalue weighted by Gasteiger charge is 2.27. The lowest BCUT2D eigenvalue weighted by molar-refractivity contribution is 0.563. The Bertz CT molecular complexity index is 736. The molecule has 0 saturated heterocycles. The van der Waals surface area contributed by atoms with Gasteiger partial charge in [-0.3, -0.25) is 0 Å². The van der Waals surface area contributed by atoms with Crippen LogP contribution in [0, 0.1) is 47.5 Å². The molecule has 0 atom stereocenters. The number of hydrogen-bond donors (Lipinski definition) is 0. The van der Waals surface area contributed by atoms with Crippen LogP contribution in [0.4, 0.5) is 0 Å². The Labute approximate surface area is 160 Å². The van der Waals surface area contributed by atoms with Gasteiger partial charge in [-0.1, -0.05) is 49.2 Å². The second-order valence-corrected chi connectivity index (χ2v) is 11.8. The van der Waals surface area contributed by atoms with Gasteiger partial charge in [0.15, 0.2) is 0 Å². The van der Waals surface area contributed by atoms with E-state index in [1.54, 1.807) is 0 Å². The maximum atomic E-state index is 14.1. The van der Waals surface area contributed by atoms with Crippen LogP contribution < -0.4 is 0 Å². The van der Waals surface area contributed by atoms with Gasteiger partial charge in [0.1, 0.15) is 0 Å². The summed E-state index contributed by atoms with van der Waals surface area (Å²) in [7, 11) is -2.36. The highest BCUT2D eigenvalue weighted by atomic mass is 31.2. The monoisotopic (exact) mass is 370 g/mol. The van der Waals surface area contributed by atoms with E-state index in [9.17, 15) is 4.57 Å². The molecule has 0 heterocycles. The fraction of sp³-hybridized carbons (Fsp3) is 0.500. The predicted octanol–water partition coefficient (Wildman–Crippen LogP) is 7.26. The Morgan fingerprint density at radius 2 is 1.00 bits per heavy atom. The molecule has 142 valence electrons. The molecule has 0 spiro atoms. The first-order valence-corrected chi connectivity index (χ1v) is 12.0. The Hall–Kier alpha value is -1.33. The van der Waals surface area contributed by atoms with Crippen LogP contribution in [0.25, 0.3) is 0 Å². The Balaban J connectivity index is 2.46. The summed E-state index contributed by atoms with van der Waals surface area (Å²) >= 11 is 0. The van der Waals surface area contributed by atoms with Crippen molar-refractivity contribution in [1.82, 2.24) is 0 Å². The topological polar surface area (TPSA) is 17.1 Å². The van der Waals surface area contributed by atoms with Gasteiger partial charge in [0.25, 0.3) is 0 Å². The molecule has 0 aromatic heterocycles. The zero-order chi connectivity index (χ0) is 19.6. The van der Waals surface area contributed by atoms with Gasteiger partial charge in [0.2, 0.25) is 0 Å². The first kappa shape index (κ1) is 21.0. The third-order valence-corrected chi connectivity index (χ3v) is 8.45. The van der Waals surface area contributed by atoms with Crippen molar-refractivity contribution in [2.45, 2.75) is 67.7 Å². The third-order valence-electron chi connectivity index (χ3n) is 5.27. The van der Waals surface area contributed by atoms with Crippen LogP contribution in [0.1, 0.15) is 58.4 Å². The first-order chi connectivity index (χ1) is 12.0. The Morgan fingerprint density at radius 3 is 1.27 bits per heavy atom. The van der Waals surface area contributed by atoms with Crippen molar-refractivity contribution in [1.29, 1.82) is 0 Å². The minimum Gasteiger partial charge on any atom is -0.323 e. The van der Waals surface area contributed by atoms with E-state index in [2.05, 4.69) is 79.7 Å². The predicted molar refractivity (Wildman–Crippen MR) is 116 cm³/mol. The number of aryl methyl sites for hydroxylation is 6. The molecule has 0 unspecified atom stereocenters. The molecule has 0 saturated carbocycles. The summed E-state index contributed by atoms with van der Waals surface area (Å²) in [5, 5.41) is 0. The van der Waals surface area contributed by atoms with E-state index in [4.69, 9.17) is 0 Å². The van der Waals surface area contributed by atoms with Crippen molar-refractivity contribution in [3.63, 3.8) is 0 Å². The summed E-state index contributed by atoms with van der Waals surface area (Å²) in [4.78, 5) is 0. The molecule has 0 radical (unpaired) electrons. The molecule has 2 aromatic carbocycles. The van der Waals surface area contributed by atoms with Crippen LogP contribution >= 0.6 is 7.14 Å². The molecule has 1 nitrogen and oxygen atoms in total. The SMILES string of the molecule is Cc1cc(C)c(CP(=O)(Cc2c(C)cc(C)cc2C)CC(C)C)c(C)c1. The summed E-state index contributed by atoms with van der Waals surface area (Å²) in [6.45, 7) is 17.3. The van der Waals surface area contributed by atoms with Crippen LogP contribution in [-0.2, 0) is 16.9 Å². The van der Waals surface area contributed by atoms with Crippen LogP contribution in [0.15, 0.2) is 24.3 Å². The van der Waals surface area contributed by atoms with E-state index in [1.165, 1.54) is 44.5 Å². The van der Waals surface area contributed by atoms with E-state index < -0.39 is 7.14 Å². The van der Waals surface area contributed by atoms with Gasteiger partial charge in [-0.25, -0.2) is 0 Å². The standard InChI is InChI=1S/C24H35OP/c1-16(2)13-26(25,14-23-19(5)9-17(3)10-20(23)6)15-24-21(7)11-18(4)12-22(24)8/h9-12,16H,13-15H2,1-8H3. The fourth-order valence-corrected chi connectivity index (χ4v) is 8.20. The molecule has 2 rings (SSSR count). The van der Waals surface area contributed by atoms with Gasteiger partial charge in [-0.05, 0) is 80.8 Å². The Kier molecular flexibility index (Phi) is 6.56. The van der Waals surface area contributed by atoms with Crippen LogP contribution in [0.2, 0.25) is 0 Å². The normalized spacial score (nSPS) is 12.0. The van der Waals surface area contributed by atoms with E-state index in [-0.39, 0.29) is 0 Å². The van der Waals surface area contributed by atoms with E-state index in [1.807, 2.05) is 0 Å². The minimum atomic E-state index is -2.36. The van der Waals surface area contributed by atoms with Gasteiger partial charge >= 0.3 is 0 Å². The van der Waals surface area contributed by atoms with E-state index in [0.29, 0.717) is 5.92 Å². The quantitative estimate of drug-likeness (QED) is 0.489. The van der Waals surface area contributed by atoms with Crippen molar-refractivity contribution in [3.05, 3.63) is 68.8 Å². The average molecular weight is 371 g/mol. The minimum absolute atomic E-state index is 0.443. The molecule has 26 heavy (non-hydrogen) atoms. The number of hydrogen-bond acceptors (Lipinski definition) is 1. The Morgan fingerprint density at radius 1 is 0.692 bits per heavy atom. The van der Waals surface area contributed by atoms with Gasteiger partial charge in [0, 0.05) is 18.5 Å². The van der Waals surface area contributed by atoms with Gasteiger partial charge in [0.05, 0.1) is 7.14 Å². The molecular formula is C24H35OP. The fourth-order valence-electron chi connectivity index (χ4n) is 4.35. The summed E-state index contributed by atoms with van der Waals surface area (Å²) in [6.07, 6.45) is 2.25. The third kappa shape index (κ3) is 5.10. The molecule has 0 N–H and O–H groups in total. The molecule has 0 amide bonds. The molecule has 0 fully saturated rings. The molecule has 0 aliphatic carbocycles. The van der Waals surface area contributed by atoms with Crippen LogP contribution in [-0.4, -0.2) is 6.16 Å². The lowest BCUT2D eigenvalue weighted by Crippen LogP contribution is -2.07. The molecule has 2 aromatic rings. The molecule has 0 aliphatic rings. The van der Waals surface area contributed by atoms with E-state index in [0.717, 1.165) is 18.5 Å². The summed E-state index contributed by atoms with van der Waals surface area (Å²) < 4.78 is 14.1. The maximum Gasteiger partial charge on any atom is 0.0963 e. The maximum absolute atomic E-state index is 14.1. The number of rotatable bonds is 6. The molecular weight excluding hydrogens is 335 g/mol. The van der Waals surface area contributed by atoms with Gasteiger partial charge in [-0.15, -0.1) is 0 Å². The highest BCUT2D eigenvalue weighted by Crippen LogP contribution is 2.55. The van der Waals surface area contributed by atoms with Crippen LogP contribution in [0.5, 0.6) is 0 Å². The van der Waals surface area contributed by atoms with Gasteiger partial charge < -0.3 is 4.57 Å². The summed E-state index contributed by atoms with van der Waals surface area (Å²) in [6, 6.07) is 8.91. The zero-order valence-corrected chi connectivity index (χ0v) is 18.8. The lowest BCUT2D eigenvalue weighted by atomic mass is 10.0. The molecule has 0 aliphatic heterocycles. The highest BCUT2D eigenvalue weighted by molar-refractivity contribution is 7.62.